The summed E-state index contributed by atoms with van der Waals surface area (Å²) >= 11 is 0. The molecule has 0 bridgehead atoms. The molecule has 2 aliphatic rings. The van der Waals surface area contributed by atoms with Crippen molar-refractivity contribution >= 4 is 0 Å². The van der Waals surface area contributed by atoms with Gasteiger partial charge < -0.3 is 10.1 Å². The minimum Gasteiger partial charge on any atom is -0.375 e. The predicted octanol–water partition coefficient (Wildman–Crippen LogP) is 2.27. The molecule has 3 nitrogen and oxygen atoms in total. The maximum absolute atomic E-state index is 5.95. The summed E-state index contributed by atoms with van der Waals surface area (Å²) < 4.78 is 5.95. The zero-order valence-electron chi connectivity index (χ0n) is 12.4. The monoisotopic (exact) mass is 254 g/mol. The fourth-order valence-corrected chi connectivity index (χ4v) is 3.44. The molecule has 0 aromatic carbocycles. The van der Waals surface area contributed by atoms with Crippen LogP contribution in [0, 0.1) is 5.41 Å². The highest BCUT2D eigenvalue weighted by molar-refractivity contribution is 4.90. The third kappa shape index (κ3) is 3.69. The minimum absolute atomic E-state index is 0.356. The second kappa shape index (κ2) is 6.36. The average molecular weight is 254 g/mol. The van der Waals surface area contributed by atoms with Gasteiger partial charge in [-0.05, 0) is 24.8 Å². The maximum Gasteiger partial charge on any atom is 0.0730 e. The van der Waals surface area contributed by atoms with E-state index in [0.29, 0.717) is 17.6 Å². The van der Waals surface area contributed by atoms with E-state index in [-0.39, 0.29) is 0 Å². The van der Waals surface area contributed by atoms with Crippen LogP contribution in [0.5, 0.6) is 0 Å². The largest absolute Gasteiger partial charge is 0.375 e. The fourth-order valence-electron chi connectivity index (χ4n) is 3.44. The van der Waals surface area contributed by atoms with Crippen LogP contribution in [0.2, 0.25) is 0 Å². The lowest BCUT2D eigenvalue weighted by atomic mass is 9.86. The van der Waals surface area contributed by atoms with E-state index in [9.17, 15) is 0 Å². The van der Waals surface area contributed by atoms with Crippen LogP contribution in [0.15, 0.2) is 0 Å². The molecule has 0 spiro atoms. The molecule has 0 amide bonds. The van der Waals surface area contributed by atoms with E-state index in [1.54, 1.807) is 0 Å². The summed E-state index contributed by atoms with van der Waals surface area (Å²) in [4.78, 5) is 2.70. The van der Waals surface area contributed by atoms with Crippen LogP contribution in [-0.4, -0.2) is 49.8 Å². The molecule has 3 heteroatoms. The van der Waals surface area contributed by atoms with Crippen LogP contribution >= 0.6 is 0 Å². The van der Waals surface area contributed by atoms with E-state index >= 15 is 0 Å². The molecule has 2 rings (SSSR count). The number of nitrogens with zero attached hydrogens (tertiary/aromatic N) is 1. The highest BCUT2D eigenvalue weighted by Crippen LogP contribution is 2.30. The fraction of sp³-hybridized carbons (Fsp3) is 1.00. The molecule has 1 aliphatic carbocycles. The van der Waals surface area contributed by atoms with Crippen molar-refractivity contribution < 1.29 is 4.74 Å². The Balaban J connectivity index is 1.90. The van der Waals surface area contributed by atoms with Crippen molar-refractivity contribution in [1.82, 2.24) is 10.2 Å². The zero-order valence-corrected chi connectivity index (χ0v) is 12.4. The molecule has 2 unspecified atom stereocenters. The summed E-state index contributed by atoms with van der Waals surface area (Å²) in [6.07, 6.45) is 5.86. The standard InChI is InChI=1S/C15H30N2O/c1-4-16-11-15(2,3)12-17-9-10-18-14-8-6-5-7-13(14)17/h13-14,16H,4-12H2,1-3H3. The number of fused-ring (bicyclic) bond motifs is 1. The Kier molecular flexibility index (Phi) is 5.05. The van der Waals surface area contributed by atoms with Gasteiger partial charge in [-0.2, -0.15) is 0 Å². The maximum atomic E-state index is 5.95. The van der Waals surface area contributed by atoms with Gasteiger partial charge in [0.05, 0.1) is 12.7 Å². The van der Waals surface area contributed by atoms with Crippen LogP contribution in [0.4, 0.5) is 0 Å². The third-order valence-electron chi connectivity index (χ3n) is 4.33. The Hall–Kier alpha value is -0.120. The topological polar surface area (TPSA) is 24.5 Å². The number of ether oxygens (including phenoxy) is 1. The summed E-state index contributed by atoms with van der Waals surface area (Å²) in [5.74, 6) is 0. The second-order valence-electron chi connectivity index (χ2n) is 6.68. The lowest BCUT2D eigenvalue weighted by molar-refractivity contribution is -0.0965. The van der Waals surface area contributed by atoms with Gasteiger partial charge in [0.25, 0.3) is 0 Å². The van der Waals surface area contributed by atoms with Gasteiger partial charge in [0.1, 0.15) is 0 Å². The molecule has 0 aromatic heterocycles. The lowest BCUT2D eigenvalue weighted by Gasteiger charge is -2.46. The van der Waals surface area contributed by atoms with Crippen LogP contribution < -0.4 is 5.32 Å². The van der Waals surface area contributed by atoms with Gasteiger partial charge in [-0.25, -0.2) is 0 Å². The number of nitrogens with one attached hydrogen (secondary N) is 1. The molecule has 0 aromatic rings. The first kappa shape index (κ1) is 14.3. The normalized spacial score (nSPS) is 30.2. The van der Waals surface area contributed by atoms with Crippen LogP contribution in [-0.2, 0) is 4.74 Å². The molecule has 0 radical (unpaired) electrons. The van der Waals surface area contributed by atoms with Crippen molar-refractivity contribution in [2.24, 2.45) is 5.41 Å². The van der Waals surface area contributed by atoms with E-state index < -0.39 is 0 Å². The predicted molar refractivity (Wildman–Crippen MR) is 75.9 cm³/mol. The molecule has 1 heterocycles. The summed E-state index contributed by atoms with van der Waals surface area (Å²) in [5.41, 5.74) is 0.356. The highest BCUT2D eigenvalue weighted by atomic mass is 16.5. The molecule has 106 valence electrons. The van der Waals surface area contributed by atoms with Gasteiger partial charge in [0.15, 0.2) is 0 Å². The third-order valence-corrected chi connectivity index (χ3v) is 4.33. The van der Waals surface area contributed by atoms with E-state index in [0.717, 1.165) is 26.2 Å². The van der Waals surface area contributed by atoms with E-state index in [2.05, 4.69) is 31.0 Å². The smallest absolute Gasteiger partial charge is 0.0730 e. The first-order valence-electron chi connectivity index (χ1n) is 7.69. The summed E-state index contributed by atoms with van der Waals surface area (Å²) in [6.45, 7) is 12.4. The molecular weight excluding hydrogens is 224 g/mol. The Labute approximate surface area is 112 Å². The zero-order chi connectivity index (χ0) is 13.0. The molecule has 2 atom stereocenters. The SMILES string of the molecule is CCNCC(C)(C)CN1CCOC2CCCCC21. The molecule has 1 N–H and O–H groups in total. The van der Waals surface area contributed by atoms with Crippen molar-refractivity contribution in [3.05, 3.63) is 0 Å². The van der Waals surface area contributed by atoms with Gasteiger partial charge in [-0.3, -0.25) is 4.90 Å². The molecule has 1 saturated carbocycles. The highest BCUT2D eigenvalue weighted by Gasteiger charge is 2.36. The van der Waals surface area contributed by atoms with Crippen LogP contribution in [0.1, 0.15) is 46.5 Å². The summed E-state index contributed by atoms with van der Waals surface area (Å²) in [6, 6.07) is 0.688. The first-order chi connectivity index (χ1) is 8.62. The molecule has 1 saturated heterocycles. The van der Waals surface area contributed by atoms with Gasteiger partial charge in [0, 0.05) is 25.7 Å². The van der Waals surface area contributed by atoms with Crippen molar-refractivity contribution in [2.75, 3.05) is 32.8 Å². The quantitative estimate of drug-likeness (QED) is 0.814. The van der Waals surface area contributed by atoms with Gasteiger partial charge in [0.2, 0.25) is 0 Å². The Morgan fingerprint density at radius 2 is 2.06 bits per heavy atom. The van der Waals surface area contributed by atoms with Crippen LogP contribution in [0.3, 0.4) is 0 Å². The van der Waals surface area contributed by atoms with Crippen molar-refractivity contribution in [3.8, 4) is 0 Å². The van der Waals surface area contributed by atoms with E-state index in [1.807, 2.05) is 0 Å². The van der Waals surface area contributed by atoms with Crippen molar-refractivity contribution in [1.29, 1.82) is 0 Å². The Morgan fingerprint density at radius 1 is 1.28 bits per heavy atom. The van der Waals surface area contributed by atoms with Crippen LogP contribution in [0.25, 0.3) is 0 Å². The van der Waals surface area contributed by atoms with Gasteiger partial charge in [-0.1, -0.05) is 33.6 Å². The van der Waals surface area contributed by atoms with Gasteiger partial charge in [-0.15, -0.1) is 0 Å². The Morgan fingerprint density at radius 3 is 2.83 bits per heavy atom. The molecule has 2 fully saturated rings. The number of hydrogen-bond acceptors (Lipinski definition) is 3. The minimum atomic E-state index is 0.356. The van der Waals surface area contributed by atoms with E-state index in [4.69, 9.17) is 4.74 Å². The first-order valence-corrected chi connectivity index (χ1v) is 7.69. The number of rotatable bonds is 5. The van der Waals surface area contributed by atoms with Crippen molar-refractivity contribution in [3.63, 3.8) is 0 Å². The summed E-state index contributed by atoms with van der Waals surface area (Å²) in [7, 11) is 0. The Bertz CT molecular complexity index is 253. The lowest BCUT2D eigenvalue weighted by Crippen LogP contribution is -2.55. The van der Waals surface area contributed by atoms with Crippen molar-refractivity contribution in [2.45, 2.75) is 58.6 Å². The van der Waals surface area contributed by atoms with E-state index in [1.165, 1.54) is 32.2 Å². The number of morpholine rings is 1. The summed E-state index contributed by atoms with van der Waals surface area (Å²) in [5, 5.41) is 3.49. The second-order valence-corrected chi connectivity index (χ2v) is 6.68. The molecule has 1 aliphatic heterocycles. The molecular formula is C15H30N2O. The van der Waals surface area contributed by atoms with Gasteiger partial charge >= 0.3 is 0 Å². The number of hydrogen-bond donors (Lipinski definition) is 1. The molecule has 18 heavy (non-hydrogen) atoms. The average Bonchev–Trinajstić information content (AvgIpc) is 2.37.